The molecule has 0 amide bonds. The minimum Gasteiger partial charge on any atom is -0.441 e. The number of alkyl halides is 3. The lowest BCUT2D eigenvalue weighted by atomic mass is 10.1. The van der Waals surface area contributed by atoms with Gasteiger partial charge in [0.1, 0.15) is 5.76 Å². The van der Waals surface area contributed by atoms with Gasteiger partial charge in [-0.3, -0.25) is 4.90 Å². The molecule has 0 aliphatic carbocycles. The third-order valence-electron chi connectivity index (χ3n) is 3.83. The van der Waals surface area contributed by atoms with Gasteiger partial charge in [0.25, 0.3) is 0 Å². The minimum absolute atomic E-state index is 0.347. The van der Waals surface area contributed by atoms with Gasteiger partial charge < -0.3 is 9.15 Å². The molecule has 4 nitrogen and oxygen atoms in total. The Hall–Kier alpha value is -1.86. The molecule has 1 aromatic carbocycles. The zero-order chi connectivity index (χ0) is 16.4. The van der Waals surface area contributed by atoms with E-state index < -0.39 is 11.7 Å². The molecule has 0 radical (unpaired) electrons. The Morgan fingerprint density at radius 2 is 1.78 bits per heavy atom. The molecule has 1 aliphatic heterocycles. The van der Waals surface area contributed by atoms with Crippen molar-refractivity contribution in [2.24, 2.45) is 0 Å². The second-order valence-corrected chi connectivity index (χ2v) is 5.49. The first-order valence-electron chi connectivity index (χ1n) is 7.37. The molecule has 23 heavy (non-hydrogen) atoms. The van der Waals surface area contributed by atoms with Gasteiger partial charge in [-0.25, -0.2) is 4.98 Å². The topological polar surface area (TPSA) is 38.5 Å². The van der Waals surface area contributed by atoms with E-state index in [-0.39, 0.29) is 0 Å². The molecule has 2 aromatic rings. The normalized spacial score (nSPS) is 16.7. The van der Waals surface area contributed by atoms with Crippen molar-refractivity contribution >= 4 is 0 Å². The smallest absolute Gasteiger partial charge is 0.416 e. The van der Waals surface area contributed by atoms with Crippen LogP contribution in [0, 0.1) is 6.92 Å². The highest BCUT2D eigenvalue weighted by molar-refractivity contribution is 5.54. The predicted molar refractivity (Wildman–Crippen MR) is 77.8 cm³/mol. The van der Waals surface area contributed by atoms with E-state index in [0.29, 0.717) is 37.0 Å². The summed E-state index contributed by atoms with van der Waals surface area (Å²) in [5, 5.41) is 0. The summed E-state index contributed by atoms with van der Waals surface area (Å²) in [6.07, 6.45) is -4.34. The predicted octanol–water partition coefficient (Wildman–Crippen LogP) is 3.50. The Balaban J connectivity index is 1.77. The van der Waals surface area contributed by atoms with Crippen LogP contribution < -0.4 is 0 Å². The highest BCUT2D eigenvalue weighted by atomic mass is 19.4. The number of oxazole rings is 1. The maximum absolute atomic E-state index is 12.6. The average molecular weight is 326 g/mol. The maximum Gasteiger partial charge on any atom is 0.416 e. The van der Waals surface area contributed by atoms with Crippen LogP contribution in [0.3, 0.4) is 0 Å². The number of benzene rings is 1. The van der Waals surface area contributed by atoms with Crippen molar-refractivity contribution in [3.63, 3.8) is 0 Å². The largest absolute Gasteiger partial charge is 0.441 e. The first kappa shape index (κ1) is 16.0. The number of aromatic nitrogens is 1. The highest BCUT2D eigenvalue weighted by Crippen LogP contribution is 2.31. The van der Waals surface area contributed by atoms with Gasteiger partial charge >= 0.3 is 6.18 Å². The van der Waals surface area contributed by atoms with Crippen molar-refractivity contribution in [1.29, 1.82) is 0 Å². The lowest BCUT2D eigenvalue weighted by molar-refractivity contribution is -0.137. The van der Waals surface area contributed by atoms with Gasteiger partial charge in [0, 0.05) is 25.2 Å². The summed E-state index contributed by atoms with van der Waals surface area (Å²) in [5.41, 5.74) is 0.661. The number of ether oxygens (including phenoxy) is 1. The minimum atomic E-state index is -4.34. The highest BCUT2D eigenvalue weighted by Gasteiger charge is 2.30. The van der Waals surface area contributed by atoms with Crippen LogP contribution in [0.4, 0.5) is 13.2 Å². The molecular weight excluding hydrogens is 309 g/mol. The van der Waals surface area contributed by atoms with Crippen molar-refractivity contribution in [1.82, 2.24) is 9.88 Å². The zero-order valence-corrected chi connectivity index (χ0v) is 12.7. The number of aryl methyl sites for hydroxylation is 1. The van der Waals surface area contributed by atoms with Gasteiger partial charge in [0.05, 0.1) is 24.5 Å². The molecule has 1 aromatic heterocycles. The van der Waals surface area contributed by atoms with Crippen molar-refractivity contribution in [3.05, 3.63) is 41.3 Å². The first-order chi connectivity index (χ1) is 10.9. The van der Waals surface area contributed by atoms with E-state index in [1.165, 1.54) is 12.1 Å². The van der Waals surface area contributed by atoms with Crippen LogP contribution in [-0.4, -0.2) is 36.2 Å². The van der Waals surface area contributed by atoms with Crippen LogP contribution in [0.15, 0.2) is 28.7 Å². The fourth-order valence-corrected chi connectivity index (χ4v) is 2.47. The van der Waals surface area contributed by atoms with E-state index >= 15 is 0 Å². The molecule has 0 spiro atoms. The summed E-state index contributed by atoms with van der Waals surface area (Å²) >= 11 is 0. The zero-order valence-electron chi connectivity index (χ0n) is 12.7. The summed E-state index contributed by atoms with van der Waals surface area (Å²) in [7, 11) is 0. The number of morpholine rings is 1. The third-order valence-corrected chi connectivity index (χ3v) is 3.83. The van der Waals surface area contributed by atoms with E-state index in [2.05, 4.69) is 9.88 Å². The van der Waals surface area contributed by atoms with Gasteiger partial charge in [-0.2, -0.15) is 13.2 Å². The van der Waals surface area contributed by atoms with Crippen molar-refractivity contribution in [2.75, 3.05) is 26.3 Å². The van der Waals surface area contributed by atoms with E-state index in [4.69, 9.17) is 9.15 Å². The Morgan fingerprint density at radius 3 is 2.39 bits per heavy atom. The lowest BCUT2D eigenvalue weighted by Crippen LogP contribution is -2.35. The van der Waals surface area contributed by atoms with E-state index in [1.807, 2.05) is 6.92 Å². The molecule has 2 heterocycles. The van der Waals surface area contributed by atoms with Crippen LogP contribution in [0.25, 0.3) is 11.5 Å². The molecule has 1 fully saturated rings. The average Bonchev–Trinajstić information content (AvgIpc) is 2.89. The third kappa shape index (κ3) is 3.73. The van der Waals surface area contributed by atoms with Crippen LogP contribution >= 0.6 is 0 Å². The maximum atomic E-state index is 12.6. The molecule has 0 N–H and O–H groups in total. The van der Waals surface area contributed by atoms with Crippen LogP contribution in [0.1, 0.15) is 17.0 Å². The number of hydrogen-bond acceptors (Lipinski definition) is 4. The number of halogens is 3. The van der Waals surface area contributed by atoms with E-state index in [1.54, 1.807) is 0 Å². The molecule has 0 saturated carbocycles. The van der Waals surface area contributed by atoms with E-state index in [9.17, 15) is 13.2 Å². The van der Waals surface area contributed by atoms with E-state index in [0.717, 1.165) is 30.9 Å². The number of hydrogen-bond donors (Lipinski definition) is 0. The van der Waals surface area contributed by atoms with Crippen molar-refractivity contribution in [3.8, 4) is 11.5 Å². The monoisotopic (exact) mass is 326 g/mol. The molecular formula is C16H17F3N2O2. The van der Waals surface area contributed by atoms with Crippen LogP contribution in [0.2, 0.25) is 0 Å². The molecule has 1 aliphatic rings. The summed E-state index contributed by atoms with van der Waals surface area (Å²) in [4.78, 5) is 6.65. The van der Waals surface area contributed by atoms with Crippen molar-refractivity contribution in [2.45, 2.75) is 19.6 Å². The van der Waals surface area contributed by atoms with Gasteiger partial charge in [0.2, 0.25) is 5.89 Å². The fraction of sp³-hybridized carbons (Fsp3) is 0.438. The first-order valence-corrected chi connectivity index (χ1v) is 7.37. The summed E-state index contributed by atoms with van der Waals surface area (Å²) in [6.45, 7) is 5.53. The molecule has 0 unspecified atom stereocenters. The molecule has 7 heteroatoms. The number of rotatable bonds is 3. The molecule has 124 valence electrons. The quantitative estimate of drug-likeness (QED) is 0.865. The summed E-state index contributed by atoms with van der Waals surface area (Å²) in [6, 6.07) is 4.84. The Morgan fingerprint density at radius 1 is 1.13 bits per heavy atom. The Labute approximate surface area is 131 Å². The number of nitrogens with zero attached hydrogens (tertiary/aromatic N) is 2. The van der Waals surface area contributed by atoms with Gasteiger partial charge in [-0.1, -0.05) is 0 Å². The fourth-order valence-electron chi connectivity index (χ4n) is 2.47. The second-order valence-electron chi connectivity index (χ2n) is 5.49. The van der Waals surface area contributed by atoms with Gasteiger partial charge in [-0.15, -0.1) is 0 Å². The van der Waals surface area contributed by atoms with Crippen molar-refractivity contribution < 1.29 is 22.3 Å². The lowest BCUT2D eigenvalue weighted by Gasteiger charge is -2.25. The van der Waals surface area contributed by atoms with Crippen LogP contribution in [-0.2, 0) is 17.5 Å². The summed E-state index contributed by atoms with van der Waals surface area (Å²) in [5.74, 6) is 1.03. The Bertz CT molecular complexity index is 659. The molecule has 1 saturated heterocycles. The Kier molecular flexibility index (Phi) is 4.41. The van der Waals surface area contributed by atoms with Crippen LogP contribution in [0.5, 0.6) is 0 Å². The standard InChI is InChI=1S/C16H17F3N2O2/c1-11-14(10-21-6-8-22-9-7-21)20-15(23-11)12-2-4-13(5-3-12)16(17,18)19/h2-5H,6-10H2,1H3. The second kappa shape index (κ2) is 6.33. The van der Waals surface area contributed by atoms with Gasteiger partial charge in [-0.05, 0) is 31.2 Å². The molecule has 0 bridgehead atoms. The molecule has 0 atom stereocenters. The van der Waals surface area contributed by atoms with Gasteiger partial charge in [0.15, 0.2) is 0 Å². The summed E-state index contributed by atoms with van der Waals surface area (Å²) < 4.78 is 48.7. The SMILES string of the molecule is Cc1oc(-c2ccc(C(F)(F)F)cc2)nc1CN1CCOCC1. The molecule has 3 rings (SSSR count).